The normalized spacial score (nSPS) is 18.6. The van der Waals surface area contributed by atoms with E-state index in [4.69, 9.17) is 5.41 Å². The number of carbonyl (C=O) groups is 1. The number of thioether (sulfide) groups is 1. The minimum atomic E-state index is -0.540. The van der Waals surface area contributed by atoms with Crippen LogP contribution in [0, 0.1) is 26.2 Å². The van der Waals surface area contributed by atoms with Gasteiger partial charge in [-0.25, -0.2) is 4.98 Å². The molecule has 1 saturated heterocycles. The van der Waals surface area contributed by atoms with Crippen molar-refractivity contribution in [1.29, 1.82) is 5.41 Å². The number of nitrogens with zero attached hydrogens (tertiary/aromatic N) is 2. The lowest BCUT2D eigenvalue weighted by Crippen LogP contribution is -2.11. The number of thiazole rings is 1. The summed E-state index contributed by atoms with van der Waals surface area (Å²) in [5.41, 5.74) is 5.55. The van der Waals surface area contributed by atoms with Crippen LogP contribution in [-0.4, -0.2) is 20.4 Å². The van der Waals surface area contributed by atoms with Crippen LogP contribution >= 0.6 is 23.1 Å². The minimum absolute atomic E-state index is 0.0277. The largest absolute Gasteiger partial charge is 0.318 e. The van der Waals surface area contributed by atoms with Gasteiger partial charge in [-0.3, -0.25) is 10.2 Å². The molecule has 3 aromatic rings. The number of benzene rings is 1. The lowest BCUT2D eigenvalue weighted by Gasteiger charge is -2.10. The highest BCUT2D eigenvalue weighted by molar-refractivity contribution is 8.19. The van der Waals surface area contributed by atoms with Gasteiger partial charge in [0.25, 0.3) is 0 Å². The number of ketones is 1. The predicted molar refractivity (Wildman–Crippen MR) is 113 cm³/mol. The third kappa shape index (κ3) is 3.19. The van der Waals surface area contributed by atoms with Gasteiger partial charge in [0.15, 0.2) is 5.78 Å². The molecule has 1 fully saturated rings. The highest BCUT2D eigenvalue weighted by Crippen LogP contribution is 2.41. The molecule has 6 heteroatoms. The van der Waals surface area contributed by atoms with E-state index in [0.29, 0.717) is 15.0 Å². The molecule has 0 amide bonds. The fourth-order valence-electron chi connectivity index (χ4n) is 3.36. The number of hydrogen-bond donors (Lipinski definition) is 1. The molecule has 4 nitrogen and oxygen atoms in total. The number of hydrogen-bond acceptors (Lipinski definition) is 5. The van der Waals surface area contributed by atoms with Gasteiger partial charge in [-0.1, -0.05) is 29.5 Å². The summed E-state index contributed by atoms with van der Waals surface area (Å²) in [4.78, 5) is 17.7. The molecule has 0 saturated carbocycles. The molecule has 0 unspecified atom stereocenters. The molecule has 0 bridgehead atoms. The molecule has 0 spiro atoms. The Hall–Kier alpha value is -2.44. The Morgan fingerprint density at radius 1 is 1.19 bits per heavy atom. The third-order valence-corrected chi connectivity index (χ3v) is 6.57. The zero-order chi connectivity index (χ0) is 19.1. The van der Waals surface area contributed by atoms with Crippen molar-refractivity contribution in [3.8, 4) is 5.69 Å². The van der Waals surface area contributed by atoms with Crippen molar-refractivity contribution < 1.29 is 4.79 Å². The number of aromatic nitrogens is 2. The van der Waals surface area contributed by atoms with Crippen LogP contribution in [0.4, 0.5) is 0 Å². The summed E-state index contributed by atoms with van der Waals surface area (Å²) in [5, 5.41) is 11.1. The lowest BCUT2D eigenvalue weighted by atomic mass is 10.1. The highest BCUT2D eigenvalue weighted by Gasteiger charge is 2.38. The average molecular weight is 394 g/mol. The third-order valence-electron chi connectivity index (χ3n) is 4.73. The summed E-state index contributed by atoms with van der Waals surface area (Å²) in [6.45, 7) is 6.21. The van der Waals surface area contributed by atoms with Gasteiger partial charge in [-0.05, 0) is 50.6 Å². The van der Waals surface area contributed by atoms with Gasteiger partial charge in [0.2, 0.25) is 0 Å². The molecule has 0 aliphatic carbocycles. The van der Waals surface area contributed by atoms with Crippen molar-refractivity contribution in [1.82, 2.24) is 9.55 Å². The first kappa shape index (κ1) is 17.9. The predicted octanol–water partition coefficient (Wildman–Crippen LogP) is 5.28. The van der Waals surface area contributed by atoms with Crippen LogP contribution in [-0.2, 0) is 4.79 Å². The first-order valence-corrected chi connectivity index (χ1v) is 10.3. The van der Waals surface area contributed by atoms with Crippen LogP contribution in [0.3, 0.4) is 0 Å². The van der Waals surface area contributed by atoms with Crippen LogP contribution in [0.5, 0.6) is 0 Å². The summed E-state index contributed by atoms with van der Waals surface area (Å²) in [5.74, 6) is -0.568. The van der Waals surface area contributed by atoms with Crippen LogP contribution in [0.15, 0.2) is 46.8 Å². The van der Waals surface area contributed by atoms with E-state index in [-0.39, 0.29) is 5.78 Å². The average Bonchev–Trinajstić information content (AvgIpc) is 3.31. The van der Waals surface area contributed by atoms with Gasteiger partial charge in [-0.2, -0.15) is 0 Å². The summed E-state index contributed by atoms with van der Waals surface area (Å²) in [6.07, 6.45) is 3.60. The SMILES string of the molecule is Cc1ccc(-n2c(C)cc(/C=C3\SC(=N)[C@@H](c4nccs4)C3=O)c2C)cc1. The van der Waals surface area contributed by atoms with Crippen LogP contribution in [0.2, 0.25) is 0 Å². The molecule has 2 aromatic heterocycles. The maximum Gasteiger partial charge on any atom is 0.186 e. The maximum atomic E-state index is 12.9. The van der Waals surface area contributed by atoms with Crippen LogP contribution < -0.4 is 0 Å². The van der Waals surface area contributed by atoms with Crippen molar-refractivity contribution in [3.63, 3.8) is 0 Å². The van der Waals surface area contributed by atoms with E-state index in [1.54, 1.807) is 6.20 Å². The van der Waals surface area contributed by atoms with Crippen LogP contribution in [0.1, 0.15) is 33.4 Å². The summed E-state index contributed by atoms with van der Waals surface area (Å²) < 4.78 is 2.19. The molecule has 4 rings (SSSR count). The van der Waals surface area contributed by atoms with E-state index >= 15 is 0 Å². The van der Waals surface area contributed by atoms with Crippen molar-refractivity contribution >= 4 is 40.0 Å². The molecule has 27 heavy (non-hydrogen) atoms. The molecular weight excluding hydrogens is 374 g/mol. The Morgan fingerprint density at radius 3 is 2.59 bits per heavy atom. The smallest absolute Gasteiger partial charge is 0.186 e. The zero-order valence-electron chi connectivity index (χ0n) is 15.3. The number of allylic oxidation sites excluding steroid dienone is 1. The molecular formula is C21H19N3OS2. The second kappa shape index (κ2) is 6.94. The van der Waals surface area contributed by atoms with E-state index in [9.17, 15) is 4.79 Å². The molecule has 0 radical (unpaired) electrons. The Labute approximate surface area is 166 Å². The van der Waals surface area contributed by atoms with Gasteiger partial charge in [0, 0.05) is 28.7 Å². The van der Waals surface area contributed by atoms with E-state index in [1.807, 2.05) is 11.5 Å². The monoisotopic (exact) mass is 393 g/mol. The number of rotatable bonds is 3. The number of Topliss-reactive ketones (excluding diaryl/α,β-unsaturated/α-hetero) is 1. The second-order valence-electron chi connectivity index (χ2n) is 6.64. The molecule has 1 N–H and O–H groups in total. The standard InChI is InChI=1S/C21H19N3OS2/c1-12-4-6-16(7-5-12)24-13(2)10-15(14(24)3)11-17-19(25)18(20(22)27-17)21-23-8-9-26-21/h4-11,18,22H,1-3H3/b17-11-,22-20?/t18-/m0/s1. The van der Waals surface area contributed by atoms with Crippen molar-refractivity contribution in [2.24, 2.45) is 0 Å². The van der Waals surface area contributed by atoms with Gasteiger partial charge < -0.3 is 4.57 Å². The van der Waals surface area contributed by atoms with Gasteiger partial charge in [0.1, 0.15) is 10.9 Å². The second-order valence-corrected chi connectivity index (χ2v) is 8.65. The minimum Gasteiger partial charge on any atom is -0.318 e. The molecule has 1 aliphatic rings. The van der Waals surface area contributed by atoms with E-state index < -0.39 is 5.92 Å². The fourth-order valence-corrected chi connectivity index (χ4v) is 5.15. The van der Waals surface area contributed by atoms with Gasteiger partial charge >= 0.3 is 0 Å². The van der Waals surface area contributed by atoms with E-state index in [0.717, 1.165) is 22.6 Å². The van der Waals surface area contributed by atoms with Crippen molar-refractivity contribution in [2.45, 2.75) is 26.7 Å². The van der Waals surface area contributed by atoms with Crippen molar-refractivity contribution in [3.05, 3.63) is 74.3 Å². The number of aryl methyl sites for hydroxylation is 2. The summed E-state index contributed by atoms with van der Waals surface area (Å²) in [7, 11) is 0. The molecule has 3 heterocycles. The first-order chi connectivity index (χ1) is 13.0. The Balaban J connectivity index is 1.71. The van der Waals surface area contributed by atoms with E-state index in [2.05, 4.69) is 60.7 Å². The van der Waals surface area contributed by atoms with Gasteiger partial charge in [0.05, 0.1) is 9.95 Å². The number of nitrogens with one attached hydrogen (secondary N) is 1. The Kier molecular flexibility index (Phi) is 4.61. The topological polar surface area (TPSA) is 58.7 Å². The maximum absolute atomic E-state index is 12.9. The Bertz CT molecular complexity index is 1060. The lowest BCUT2D eigenvalue weighted by molar-refractivity contribution is -0.114. The molecule has 1 aliphatic heterocycles. The first-order valence-electron chi connectivity index (χ1n) is 8.63. The molecule has 136 valence electrons. The highest BCUT2D eigenvalue weighted by atomic mass is 32.2. The van der Waals surface area contributed by atoms with Gasteiger partial charge in [-0.15, -0.1) is 11.3 Å². The molecule has 1 atom stereocenters. The number of carbonyl (C=O) groups excluding carboxylic acids is 1. The van der Waals surface area contributed by atoms with Crippen molar-refractivity contribution in [2.75, 3.05) is 0 Å². The quantitative estimate of drug-likeness (QED) is 0.616. The summed E-state index contributed by atoms with van der Waals surface area (Å²) in [6, 6.07) is 10.5. The van der Waals surface area contributed by atoms with Crippen LogP contribution in [0.25, 0.3) is 11.8 Å². The zero-order valence-corrected chi connectivity index (χ0v) is 16.9. The summed E-state index contributed by atoms with van der Waals surface area (Å²) >= 11 is 2.68. The fraction of sp³-hybridized carbons (Fsp3) is 0.190. The Morgan fingerprint density at radius 2 is 1.93 bits per heavy atom. The van der Waals surface area contributed by atoms with E-state index in [1.165, 1.54) is 28.7 Å². The molecule has 1 aromatic carbocycles.